The molecule has 0 aliphatic carbocycles. The molecule has 0 spiro atoms. The zero-order chi connectivity index (χ0) is 10.8. The molecule has 2 N–H and O–H groups in total. The first-order chi connectivity index (χ1) is 7.24. The van der Waals surface area contributed by atoms with E-state index in [9.17, 15) is 4.79 Å². The second-order valence-electron chi connectivity index (χ2n) is 3.94. The van der Waals surface area contributed by atoms with Crippen LogP contribution in [0.2, 0.25) is 0 Å². The molecule has 1 aromatic rings. The molecule has 1 unspecified atom stereocenters. The third-order valence-electron chi connectivity index (χ3n) is 2.93. The van der Waals surface area contributed by atoms with E-state index in [1.807, 2.05) is 12.1 Å². The predicted molar refractivity (Wildman–Crippen MR) is 61.0 cm³/mol. The van der Waals surface area contributed by atoms with Crippen LogP contribution in [-0.4, -0.2) is 24.9 Å². The number of nitrogens with zero attached hydrogens (tertiary/aromatic N) is 1. The number of carbonyl (C=O) groups excluding carboxylic acids is 1. The summed E-state index contributed by atoms with van der Waals surface area (Å²) in [6, 6.07) is 8.16. The molecule has 15 heavy (non-hydrogen) atoms. The molecule has 0 bridgehead atoms. The summed E-state index contributed by atoms with van der Waals surface area (Å²) in [5.41, 5.74) is 8.00. The summed E-state index contributed by atoms with van der Waals surface area (Å²) < 4.78 is 0. The molecule has 1 aliphatic rings. The van der Waals surface area contributed by atoms with E-state index >= 15 is 0 Å². The van der Waals surface area contributed by atoms with Gasteiger partial charge >= 0.3 is 0 Å². The molecule has 0 saturated heterocycles. The Morgan fingerprint density at radius 2 is 2.27 bits per heavy atom. The first kappa shape index (κ1) is 10.2. The van der Waals surface area contributed by atoms with E-state index in [4.69, 9.17) is 5.73 Å². The van der Waals surface area contributed by atoms with Gasteiger partial charge in [-0.2, -0.15) is 0 Å². The molecule has 3 heteroatoms. The zero-order valence-corrected chi connectivity index (χ0v) is 8.94. The number of carbonyl (C=O) groups is 1. The van der Waals surface area contributed by atoms with Crippen molar-refractivity contribution >= 4 is 11.5 Å². The minimum Gasteiger partial charge on any atom is -0.360 e. The van der Waals surface area contributed by atoms with Crippen LogP contribution in [0.15, 0.2) is 24.3 Å². The van der Waals surface area contributed by atoms with Crippen LogP contribution in [0.1, 0.15) is 12.5 Å². The fourth-order valence-corrected chi connectivity index (χ4v) is 2.23. The van der Waals surface area contributed by atoms with Gasteiger partial charge in [0.2, 0.25) is 0 Å². The largest absolute Gasteiger partial charge is 0.360 e. The Hall–Kier alpha value is -1.35. The van der Waals surface area contributed by atoms with Crippen molar-refractivity contribution in [1.29, 1.82) is 0 Å². The third-order valence-corrected chi connectivity index (χ3v) is 2.93. The van der Waals surface area contributed by atoms with E-state index in [1.54, 1.807) is 6.92 Å². The molecule has 1 aliphatic heterocycles. The molecule has 1 atom stereocenters. The monoisotopic (exact) mass is 204 g/mol. The smallest absolute Gasteiger partial charge is 0.152 e. The van der Waals surface area contributed by atoms with Crippen molar-refractivity contribution in [3.05, 3.63) is 29.8 Å². The average molecular weight is 204 g/mol. The lowest BCUT2D eigenvalue weighted by atomic mass is 10.1. The fourth-order valence-electron chi connectivity index (χ4n) is 2.23. The number of Topliss-reactive ketones (excluding diaryl/α,β-unsaturated/α-hetero) is 1. The SMILES string of the molecule is CC(=O)C1Cc2ccccc2N1CCN. The van der Waals surface area contributed by atoms with Gasteiger partial charge in [-0.1, -0.05) is 18.2 Å². The second-order valence-corrected chi connectivity index (χ2v) is 3.94. The maximum absolute atomic E-state index is 11.5. The molecule has 0 fully saturated rings. The Bertz CT molecular complexity index is 376. The van der Waals surface area contributed by atoms with Crippen LogP contribution < -0.4 is 10.6 Å². The Balaban J connectivity index is 2.33. The fraction of sp³-hybridized carbons (Fsp3) is 0.417. The summed E-state index contributed by atoms with van der Waals surface area (Å²) in [5.74, 6) is 0.222. The Labute approximate surface area is 89.9 Å². The lowest BCUT2D eigenvalue weighted by molar-refractivity contribution is -0.118. The molecule has 1 heterocycles. The van der Waals surface area contributed by atoms with Crippen molar-refractivity contribution in [2.45, 2.75) is 19.4 Å². The van der Waals surface area contributed by atoms with Crippen molar-refractivity contribution in [3.63, 3.8) is 0 Å². The molecule has 3 nitrogen and oxygen atoms in total. The van der Waals surface area contributed by atoms with E-state index in [0.717, 1.165) is 13.0 Å². The quantitative estimate of drug-likeness (QED) is 0.798. The predicted octanol–water partition coefficient (Wildman–Crippen LogP) is 0.965. The second kappa shape index (κ2) is 4.03. The van der Waals surface area contributed by atoms with Crippen LogP contribution in [0.25, 0.3) is 0 Å². The normalized spacial score (nSPS) is 19.1. The van der Waals surface area contributed by atoms with Crippen molar-refractivity contribution in [2.24, 2.45) is 5.73 Å². The molecule has 2 rings (SSSR count). The minimum atomic E-state index is -0.00838. The van der Waals surface area contributed by atoms with E-state index in [1.165, 1.54) is 11.3 Å². The number of para-hydroxylation sites is 1. The number of rotatable bonds is 3. The van der Waals surface area contributed by atoms with E-state index in [2.05, 4.69) is 17.0 Å². The number of nitrogens with two attached hydrogens (primary N) is 1. The van der Waals surface area contributed by atoms with Gasteiger partial charge in [-0.05, 0) is 18.6 Å². The number of hydrogen-bond acceptors (Lipinski definition) is 3. The summed E-state index contributed by atoms with van der Waals surface area (Å²) in [6.45, 7) is 2.99. The Morgan fingerprint density at radius 1 is 1.53 bits per heavy atom. The topological polar surface area (TPSA) is 46.3 Å². The average Bonchev–Trinajstić information content (AvgIpc) is 2.58. The van der Waals surface area contributed by atoms with Crippen LogP contribution >= 0.6 is 0 Å². The molecule has 0 radical (unpaired) electrons. The van der Waals surface area contributed by atoms with Gasteiger partial charge in [0.05, 0.1) is 6.04 Å². The van der Waals surface area contributed by atoms with Crippen molar-refractivity contribution in [2.75, 3.05) is 18.0 Å². The highest BCUT2D eigenvalue weighted by molar-refractivity contribution is 5.88. The number of fused-ring (bicyclic) bond motifs is 1. The van der Waals surface area contributed by atoms with E-state index in [-0.39, 0.29) is 11.8 Å². The van der Waals surface area contributed by atoms with Gasteiger partial charge in [0.25, 0.3) is 0 Å². The maximum atomic E-state index is 11.5. The highest BCUT2D eigenvalue weighted by atomic mass is 16.1. The van der Waals surface area contributed by atoms with Gasteiger partial charge in [-0.3, -0.25) is 4.79 Å². The minimum absolute atomic E-state index is 0.00838. The molecule has 0 aromatic heterocycles. The van der Waals surface area contributed by atoms with Crippen LogP contribution in [0.4, 0.5) is 5.69 Å². The number of anilines is 1. The maximum Gasteiger partial charge on any atom is 0.152 e. The van der Waals surface area contributed by atoms with Gasteiger partial charge in [-0.15, -0.1) is 0 Å². The number of ketones is 1. The molecular weight excluding hydrogens is 188 g/mol. The summed E-state index contributed by atoms with van der Waals surface area (Å²) >= 11 is 0. The zero-order valence-electron chi connectivity index (χ0n) is 8.94. The lowest BCUT2D eigenvalue weighted by Crippen LogP contribution is -2.40. The summed E-state index contributed by atoms with van der Waals surface area (Å²) in [4.78, 5) is 13.6. The van der Waals surface area contributed by atoms with Gasteiger partial charge in [0.15, 0.2) is 5.78 Å². The van der Waals surface area contributed by atoms with Crippen molar-refractivity contribution < 1.29 is 4.79 Å². The summed E-state index contributed by atoms with van der Waals surface area (Å²) in [7, 11) is 0. The first-order valence-electron chi connectivity index (χ1n) is 5.29. The van der Waals surface area contributed by atoms with Crippen LogP contribution in [0, 0.1) is 0 Å². The molecular formula is C12H16N2O. The van der Waals surface area contributed by atoms with Crippen LogP contribution in [-0.2, 0) is 11.2 Å². The first-order valence-corrected chi connectivity index (χ1v) is 5.29. The third kappa shape index (κ3) is 1.75. The van der Waals surface area contributed by atoms with E-state index < -0.39 is 0 Å². The molecule has 0 saturated carbocycles. The van der Waals surface area contributed by atoms with Crippen molar-refractivity contribution in [1.82, 2.24) is 0 Å². The molecule has 1 aromatic carbocycles. The lowest BCUT2D eigenvalue weighted by Gasteiger charge is -2.24. The Morgan fingerprint density at radius 3 is 2.93 bits per heavy atom. The summed E-state index contributed by atoms with van der Waals surface area (Å²) in [6.07, 6.45) is 0.825. The number of hydrogen-bond donors (Lipinski definition) is 1. The highest BCUT2D eigenvalue weighted by Crippen LogP contribution is 2.31. The standard InChI is InChI=1S/C12H16N2O/c1-9(15)12-8-10-4-2-3-5-11(10)14(12)7-6-13/h2-5,12H,6-8,13H2,1H3. The van der Waals surface area contributed by atoms with Gasteiger partial charge in [0, 0.05) is 25.2 Å². The molecule has 0 amide bonds. The summed E-state index contributed by atoms with van der Waals surface area (Å²) in [5, 5.41) is 0. The van der Waals surface area contributed by atoms with Gasteiger partial charge in [0.1, 0.15) is 0 Å². The highest BCUT2D eigenvalue weighted by Gasteiger charge is 2.31. The Kier molecular flexibility index (Phi) is 2.73. The number of benzene rings is 1. The van der Waals surface area contributed by atoms with Crippen LogP contribution in [0.3, 0.4) is 0 Å². The van der Waals surface area contributed by atoms with Crippen molar-refractivity contribution in [3.8, 4) is 0 Å². The van der Waals surface area contributed by atoms with Crippen LogP contribution in [0.5, 0.6) is 0 Å². The van der Waals surface area contributed by atoms with Gasteiger partial charge in [-0.25, -0.2) is 0 Å². The van der Waals surface area contributed by atoms with E-state index in [0.29, 0.717) is 6.54 Å². The molecule has 80 valence electrons. The van der Waals surface area contributed by atoms with Gasteiger partial charge < -0.3 is 10.6 Å².